The van der Waals surface area contributed by atoms with Crippen molar-refractivity contribution in [2.75, 3.05) is 0 Å². The van der Waals surface area contributed by atoms with Crippen LogP contribution in [0.4, 0.5) is 0 Å². The number of benzene rings is 8. The zero-order chi connectivity index (χ0) is 32.2. The molecule has 0 saturated carbocycles. The first-order valence-electron chi connectivity index (χ1n) is 16.7. The summed E-state index contributed by atoms with van der Waals surface area (Å²) < 4.78 is 2.88. The van der Waals surface area contributed by atoms with Gasteiger partial charge in [-0.2, -0.15) is 0 Å². The number of fused-ring (bicyclic) bond motifs is 5. The topological polar surface area (TPSA) is 0 Å². The third kappa shape index (κ3) is 4.79. The van der Waals surface area contributed by atoms with Crippen molar-refractivity contribution in [3.63, 3.8) is 0 Å². The van der Waals surface area contributed by atoms with Crippen LogP contribution in [0.3, 0.4) is 0 Å². The molecule has 0 bridgehead atoms. The first-order valence-corrected chi connectivity index (χ1v) is 18.8. The van der Waals surface area contributed by atoms with E-state index in [0.717, 1.165) is 0 Å². The SMILES string of the molecule is CC1(C)c2ccccc2-c2ccc(-c3ccc(-c4c5ccccc5c(-c5ccc([I-]c6ccccc6)cc5)c5ccccc45)cc3)cc21. The van der Waals surface area contributed by atoms with E-state index in [1.54, 1.807) is 0 Å². The molecule has 0 amide bonds. The summed E-state index contributed by atoms with van der Waals surface area (Å²) in [5.41, 5.74) is 13.2. The number of hydrogen-bond acceptors (Lipinski definition) is 0. The van der Waals surface area contributed by atoms with E-state index in [4.69, 9.17) is 0 Å². The molecule has 0 unspecified atom stereocenters. The molecular formula is C47H34I-. The normalized spacial score (nSPS) is 13.1. The summed E-state index contributed by atoms with van der Waals surface area (Å²) in [7, 11) is 0. The minimum Gasteiger partial charge on any atom is -0.0497 e. The zero-order valence-electron chi connectivity index (χ0n) is 27.0. The Morgan fingerprint density at radius 3 is 1.40 bits per heavy atom. The van der Waals surface area contributed by atoms with Gasteiger partial charge in [-0.1, -0.05) is 50.2 Å². The average Bonchev–Trinajstić information content (AvgIpc) is 3.37. The first kappa shape index (κ1) is 29.2. The fourth-order valence-corrected chi connectivity index (χ4v) is 9.96. The van der Waals surface area contributed by atoms with Gasteiger partial charge >= 0.3 is 205 Å². The summed E-state index contributed by atoms with van der Waals surface area (Å²) in [6, 6.07) is 63.2. The number of hydrogen-bond donors (Lipinski definition) is 0. The Kier molecular flexibility index (Phi) is 7.06. The molecule has 1 aliphatic carbocycles. The molecular weight excluding hydrogens is 691 g/mol. The standard InChI is InChI=1S/C47H34I/c1-47(2)43-19-11-10-14-37(43)38-29-26-34(30-44(38)47)31-20-22-32(23-21-31)45-39-15-6-8-17-41(39)46(42-18-9-7-16-40(42)45)33-24-27-36(28-25-33)48-35-12-4-3-5-13-35/h3-30H,1-2H3/q-1. The third-order valence-electron chi connectivity index (χ3n) is 10.1. The van der Waals surface area contributed by atoms with Crippen molar-refractivity contribution in [3.8, 4) is 44.5 Å². The Morgan fingerprint density at radius 1 is 0.354 bits per heavy atom. The smallest absolute Gasteiger partial charge is 0.0295 e. The van der Waals surface area contributed by atoms with Crippen LogP contribution in [0.5, 0.6) is 0 Å². The number of rotatable bonds is 5. The average molecular weight is 726 g/mol. The summed E-state index contributed by atoms with van der Waals surface area (Å²) >= 11 is -0.199. The van der Waals surface area contributed by atoms with E-state index in [2.05, 4.69) is 184 Å². The molecule has 1 heteroatoms. The molecule has 0 saturated heterocycles. The molecule has 9 rings (SSSR count). The molecule has 0 aliphatic heterocycles. The van der Waals surface area contributed by atoms with Crippen molar-refractivity contribution in [3.05, 3.63) is 188 Å². The van der Waals surface area contributed by atoms with Crippen molar-refractivity contribution >= 4 is 21.5 Å². The summed E-state index contributed by atoms with van der Waals surface area (Å²) in [5.74, 6) is 0. The quantitative estimate of drug-likeness (QED) is 0.123. The van der Waals surface area contributed by atoms with E-state index in [1.165, 1.54) is 84.3 Å². The summed E-state index contributed by atoms with van der Waals surface area (Å²) in [5, 5.41) is 5.16. The van der Waals surface area contributed by atoms with E-state index in [0.29, 0.717) is 0 Å². The molecule has 48 heavy (non-hydrogen) atoms. The Balaban J connectivity index is 1.13. The maximum atomic E-state index is 2.41. The van der Waals surface area contributed by atoms with E-state index in [1.807, 2.05) is 0 Å². The second-order valence-electron chi connectivity index (χ2n) is 13.2. The number of halogens is 1. The predicted octanol–water partition coefficient (Wildman–Crippen LogP) is 9.43. The minimum absolute atomic E-state index is 0.00873. The molecule has 1 aliphatic rings. The van der Waals surface area contributed by atoms with Gasteiger partial charge < -0.3 is 0 Å². The Hall–Kier alpha value is -4.99. The Labute approximate surface area is 293 Å². The molecule has 0 heterocycles. The van der Waals surface area contributed by atoms with Gasteiger partial charge in [0.05, 0.1) is 0 Å². The molecule has 8 aromatic carbocycles. The molecule has 0 fully saturated rings. The minimum atomic E-state index is -0.199. The van der Waals surface area contributed by atoms with Crippen LogP contribution < -0.4 is 21.2 Å². The van der Waals surface area contributed by atoms with E-state index in [9.17, 15) is 0 Å². The van der Waals surface area contributed by atoms with Gasteiger partial charge in [-0.3, -0.25) is 0 Å². The van der Waals surface area contributed by atoms with Crippen LogP contribution in [0, 0.1) is 7.14 Å². The summed E-state index contributed by atoms with van der Waals surface area (Å²) in [6.45, 7) is 4.70. The van der Waals surface area contributed by atoms with Gasteiger partial charge in [0, 0.05) is 5.41 Å². The van der Waals surface area contributed by atoms with Gasteiger partial charge in [-0.15, -0.1) is 0 Å². The molecule has 0 nitrogen and oxygen atoms in total. The summed E-state index contributed by atoms with van der Waals surface area (Å²) in [6.07, 6.45) is 0. The monoisotopic (exact) mass is 725 g/mol. The van der Waals surface area contributed by atoms with Gasteiger partial charge in [-0.25, -0.2) is 0 Å². The Bertz CT molecular complexity index is 2410. The van der Waals surface area contributed by atoms with Crippen molar-refractivity contribution in [2.45, 2.75) is 19.3 Å². The van der Waals surface area contributed by atoms with Gasteiger partial charge in [-0.05, 0) is 33.9 Å². The molecule has 0 aromatic heterocycles. The fourth-order valence-electron chi connectivity index (χ4n) is 7.75. The third-order valence-corrected chi connectivity index (χ3v) is 12.8. The van der Waals surface area contributed by atoms with Gasteiger partial charge in [0.25, 0.3) is 0 Å². The second-order valence-corrected chi connectivity index (χ2v) is 16.3. The first-order chi connectivity index (χ1) is 23.6. The maximum Gasteiger partial charge on any atom is -0.0295 e. The molecule has 8 aromatic rings. The molecule has 230 valence electrons. The molecule has 0 atom stereocenters. The van der Waals surface area contributed by atoms with Crippen molar-refractivity contribution in [1.29, 1.82) is 0 Å². The summed E-state index contributed by atoms with van der Waals surface area (Å²) in [4.78, 5) is 0. The van der Waals surface area contributed by atoms with Crippen molar-refractivity contribution in [1.82, 2.24) is 0 Å². The van der Waals surface area contributed by atoms with Crippen LogP contribution >= 0.6 is 0 Å². The van der Waals surface area contributed by atoms with Crippen LogP contribution in [0.1, 0.15) is 25.0 Å². The fraction of sp³-hybridized carbons (Fsp3) is 0.0638. The molecule has 0 radical (unpaired) electrons. The van der Waals surface area contributed by atoms with Crippen LogP contribution in [0.15, 0.2) is 170 Å². The van der Waals surface area contributed by atoms with Crippen LogP contribution in [-0.2, 0) is 5.41 Å². The van der Waals surface area contributed by atoms with Gasteiger partial charge in [0.15, 0.2) is 0 Å². The molecule has 0 N–H and O–H groups in total. The predicted molar refractivity (Wildman–Crippen MR) is 199 cm³/mol. The second kappa shape index (κ2) is 11.6. The van der Waals surface area contributed by atoms with Gasteiger partial charge in [0.2, 0.25) is 0 Å². The van der Waals surface area contributed by atoms with Crippen LogP contribution in [0.25, 0.3) is 66.1 Å². The Morgan fingerprint density at radius 2 is 0.792 bits per heavy atom. The van der Waals surface area contributed by atoms with E-state index in [-0.39, 0.29) is 26.6 Å². The largest absolute Gasteiger partial charge is 0.0497 e. The molecule has 0 spiro atoms. The maximum absolute atomic E-state index is 2.41. The zero-order valence-corrected chi connectivity index (χ0v) is 29.2. The van der Waals surface area contributed by atoms with Gasteiger partial charge in [0.1, 0.15) is 0 Å². The van der Waals surface area contributed by atoms with Crippen molar-refractivity contribution < 1.29 is 21.2 Å². The van der Waals surface area contributed by atoms with Crippen LogP contribution in [-0.4, -0.2) is 0 Å². The van der Waals surface area contributed by atoms with E-state index >= 15 is 0 Å². The van der Waals surface area contributed by atoms with Crippen LogP contribution in [0.2, 0.25) is 0 Å². The van der Waals surface area contributed by atoms with E-state index < -0.39 is 0 Å². The van der Waals surface area contributed by atoms with Crippen molar-refractivity contribution in [2.24, 2.45) is 0 Å².